The molecule has 1 amide bonds. The fraction of sp³-hybridized carbons (Fsp3) is 0.600. The van der Waals surface area contributed by atoms with Gasteiger partial charge < -0.3 is 0 Å². The third-order valence-corrected chi connectivity index (χ3v) is 1.27. The van der Waals surface area contributed by atoms with Crippen LogP contribution in [-0.4, -0.2) is 26.3 Å². The molecule has 0 radical (unpaired) electrons. The first-order valence-corrected chi connectivity index (χ1v) is 4.11. The SMILES string of the molecule is [CH2]=[Al][NH]C(=O)CCC. The van der Waals surface area contributed by atoms with Crippen molar-refractivity contribution in [3.8, 4) is 0 Å². The average Bonchev–Trinajstić information content (AvgIpc) is 1.68. The van der Waals surface area contributed by atoms with Crippen molar-refractivity contribution in [1.29, 1.82) is 0 Å². The first-order chi connectivity index (χ1) is 3.81. The fourth-order valence-electron chi connectivity index (χ4n) is 0.413. The Kier molecular flexibility index (Phi) is 4.94. The molecular weight excluding hydrogens is 117 g/mol. The van der Waals surface area contributed by atoms with Crippen LogP contribution in [0.25, 0.3) is 0 Å². The molecule has 0 aromatic heterocycles. The zero-order valence-corrected chi connectivity index (χ0v) is 6.26. The topological polar surface area (TPSA) is 29.1 Å². The summed E-state index contributed by atoms with van der Waals surface area (Å²) in [6.07, 6.45) is 1.56. The van der Waals surface area contributed by atoms with Gasteiger partial charge >= 0.3 is 55.2 Å². The van der Waals surface area contributed by atoms with Crippen LogP contribution >= 0.6 is 0 Å². The van der Waals surface area contributed by atoms with E-state index in [0.29, 0.717) is 6.42 Å². The molecular formula is C5H10AlNO. The average molecular weight is 127 g/mol. The van der Waals surface area contributed by atoms with Gasteiger partial charge in [-0.05, 0) is 0 Å². The van der Waals surface area contributed by atoms with E-state index >= 15 is 0 Å². The summed E-state index contributed by atoms with van der Waals surface area (Å²) in [6, 6.07) is 0. The number of rotatable bonds is 3. The Balaban J connectivity index is 3.18. The van der Waals surface area contributed by atoms with Crippen LogP contribution in [0.2, 0.25) is 0 Å². The van der Waals surface area contributed by atoms with Gasteiger partial charge in [-0.1, -0.05) is 0 Å². The van der Waals surface area contributed by atoms with Crippen molar-refractivity contribution in [2.75, 3.05) is 0 Å². The summed E-state index contributed by atoms with van der Waals surface area (Å²) < 4.78 is 2.68. The van der Waals surface area contributed by atoms with Gasteiger partial charge in [0.05, 0.1) is 0 Å². The predicted molar refractivity (Wildman–Crippen MR) is 35.9 cm³/mol. The molecule has 3 heteroatoms. The number of carbonyl (C=O) groups excluding carboxylic acids is 1. The summed E-state index contributed by atoms with van der Waals surface area (Å²) in [5.74, 6) is 0.137. The Morgan fingerprint density at radius 1 is 1.88 bits per heavy atom. The summed E-state index contributed by atoms with van der Waals surface area (Å²) in [5, 5.41) is 3.56. The van der Waals surface area contributed by atoms with Gasteiger partial charge in [0.1, 0.15) is 0 Å². The van der Waals surface area contributed by atoms with Gasteiger partial charge in [0.15, 0.2) is 0 Å². The van der Waals surface area contributed by atoms with Crippen molar-refractivity contribution >= 4 is 26.3 Å². The van der Waals surface area contributed by atoms with Crippen molar-refractivity contribution in [1.82, 2.24) is 4.30 Å². The van der Waals surface area contributed by atoms with Gasteiger partial charge in [-0.15, -0.1) is 0 Å². The molecule has 0 aliphatic heterocycles. The quantitative estimate of drug-likeness (QED) is 0.529. The second-order valence-electron chi connectivity index (χ2n) is 1.52. The van der Waals surface area contributed by atoms with Gasteiger partial charge in [-0.25, -0.2) is 0 Å². The van der Waals surface area contributed by atoms with Crippen LogP contribution in [0.1, 0.15) is 19.8 Å². The predicted octanol–water partition coefficient (Wildman–Crippen LogP) is -0.0461. The van der Waals surface area contributed by atoms with Crippen LogP contribution in [-0.2, 0) is 4.79 Å². The number of carbonyl (C=O) groups is 1. The molecule has 0 fully saturated rings. The number of hydrogen-bond acceptors (Lipinski definition) is 1. The van der Waals surface area contributed by atoms with E-state index in [2.05, 4.69) is 9.69 Å². The molecule has 0 saturated heterocycles. The van der Waals surface area contributed by atoms with Gasteiger partial charge in [-0.3, -0.25) is 0 Å². The minimum atomic E-state index is -0.102. The van der Waals surface area contributed by atoms with E-state index in [1.54, 1.807) is 0 Å². The fourth-order valence-corrected chi connectivity index (χ4v) is 0.785. The second-order valence-corrected chi connectivity index (χ2v) is 2.22. The molecule has 0 aromatic carbocycles. The van der Waals surface area contributed by atoms with Crippen LogP contribution < -0.4 is 4.30 Å². The molecule has 1 N–H and O–H groups in total. The molecule has 0 saturated carbocycles. The molecule has 0 bridgehead atoms. The Labute approximate surface area is 55.7 Å². The molecule has 44 valence electrons. The Morgan fingerprint density at radius 2 is 2.50 bits per heavy atom. The summed E-state index contributed by atoms with van der Waals surface area (Å²) in [7, 11) is 0. The van der Waals surface area contributed by atoms with E-state index in [9.17, 15) is 4.79 Å². The minimum absolute atomic E-state index is 0.102. The molecule has 0 rings (SSSR count). The summed E-state index contributed by atoms with van der Waals surface area (Å²) in [5.41, 5.74) is 0. The van der Waals surface area contributed by atoms with Gasteiger partial charge in [0, 0.05) is 0 Å². The van der Waals surface area contributed by atoms with E-state index in [1.165, 1.54) is 0 Å². The van der Waals surface area contributed by atoms with E-state index in [0.717, 1.165) is 6.42 Å². The van der Waals surface area contributed by atoms with Crippen LogP contribution in [0.15, 0.2) is 0 Å². The van der Waals surface area contributed by atoms with E-state index in [4.69, 9.17) is 0 Å². The summed E-state index contributed by atoms with van der Waals surface area (Å²) >= 11 is -0.102. The van der Waals surface area contributed by atoms with Crippen LogP contribution in [0.5, 0.6) is 0 Å². The number of amides is 1. The molecule has 0 atom stereocenters. The molecule has 0 aliphatic rings. The normalized spacial score (nSPS) is 7.62. The maximum atomic E-state index is 10.5. The third kappa shape index (κ3) is 4.04. The standard InChI is InChI=1S/C4H9NO.CH2.Al/c1-2-3-4(5)6;;/h2-3H2,1H3,(H2,5,6);1H2;/q;;+1/p-1. The molecule has 8 heavy (non-hydrogen) atoms. The Hall–Kier alpha value is -0.128. The first kappa shape index (κ1) is 7.87. The van der Waals surface area contributed by atoms with Gasteiger partial charge in [-0.2, -0.15) is 0 Å². The first-order valence-electron chi connectivity index (χ1n) is 2.71. The molecule has 0 aliphatic carbocycles. The third-order valence-electron chi connectivity index (χ3n) is 0.740. The maximum absolute atomic E-state index is 10.5. The second kappa shape index (κ2) is 5.02. The summed E-state index contributed by atoms with van der Waals surface area (Å²) in [4.78, 5) is 10.5. The van der Waals surface area contributed by atoms with Crippen molar-refractivity contribution in [2.24, 2.45) is 0 Å². The molecule has 0 unspecified atom stereocenters. The van der Waals surface area contributed by atoms with Crippen molar-refractivity contribution in [2.45, 2.75) is 19.8 Å². The number of hydrogen-bond donors (Lipinski definition) is 1. The Bertz CT molecular complexity index is 92.4. The van der Waals surface area contributed by atoms with Gasteiger partial charge in [0.2, 0.25) is 0 Å². The molecule has 0 aromatic rings. The molecule has 0 heterocycles. The van der Waals surface area contributed by atoms with Crippen LogP contribution in [0.3, 0.4) is 0 Å². The van der Waals surface area contributed by atoms with E-state index in [1.807, 2.05) is 6.92 Å². The zero-order chi connectivity index (χ0) is 6.41. The summed E-state index contributed by atoms with van der Waals surface area (Å²) in [6.45, 7) is 1.98. The van der Waals surface area contributed by atoms with Crippen LogP contribution in [0.4, 0.5) is 0 Å². The van der Waals surface area contributed by atoms with Crippen molar-refractivity contribution in [3.05, 3.63) is 0 Å². The number of nitrogens with one attached hydrogen (secondary N) is 1. The van der Waals surface area contributed by atoms with Crippen molar-refractivity contribution in [3.63, 3.8) is 0 Å². The monoisotopic (exact) mass is 127 g/mol. The zero-order valence-electron chi connectivity index (χ0n) is 5.11. The molecule has 2 nitrogen and oxygen atoms in total. The van der Waals surface area contributed by atoms with Crippen molar-refractivity contribution < 1.29 is 4.79 Å². The van der Waals surface area contributed by atoms with Gasteiger partial charge in [0.25, 0.3) is 0 Å². The van der Waals surface area contributed by atoms with E-state index < -0.39 is 0 Å². The Morgan fingerprint density at radius 3 is 2.88 bits per heavy atom. The molecule has 0 spiro atoms. The van der Waals surface area contributed by atoms with Crippen LogP contribution in [0, 0.1) is 0 Å². The van der Waals surface area contributed by atoms with E-state index in [-0.39, 0.29) is 20.9 Å².